The van der Waals surface area contributed by atoms with Gasteiger partial charge in [0.1, 0.15) is 11.7 Å². The van der Waals surface area contributed by atoms with Gasteiger partial charge in [-0.15, -0.1) is 0 Å². The van der Waals surface area contributed by atoms with Gasteiger partial charge in [-0.1, -0.05) is 6.92 Å². The van der Waals surface area contributed by atoms with Gasteiger partial charge in [0.2, 0.25) is 6.54 Å². The third-order valence-corrected chi connectivity index (χ3v) is 1.71. The molecule has 0 heterocycles. The quantitative estimate of drug-likeness (QED) is 0.378. The molecular weight excluding hydrogens is 178 g/mol. The Kier molecular flexibility index (Phi) is 4.03. The number of carboxylic acids is 1. The summed E-state index contributed by atoms with van der Waals surface area (Å²) in [5.74, 6) is -3.90. The largest absolute Gasteiger partial charge is 0.481 e. The molecule has 0 aromatic carbocycles. The minimum absolute atomic E-state index is 0.503. The molecule has 13 heavy (non-hydrogen) atoms. The van der Waals surface area contributed by atoms with Crippen LogP contribution in [0.2, 0.25) is 0 Å². The highest BCUT2D eigenvalue weighted by atomic mass is 16.6. The second-order valence-corrected chi connectivity index (χ2v) is 2.92. The Morgan fingerprint density at radius 3 is 2.23 bits per heavy atom. The number of rotatable bonds is 5. The number of carbonyl (C=O) groups excluding carboxylic acids is 1. The molecule has 0 aromatic heterocycles. The molecule has 6 nitrogen and oxygen atoms in total. The molecule has 0 spiro atoms. The van der Waals surface area contributed by atoms with Gasteiger partial charge in [-0.2, -0.15) is 0 Å². The lowest BCUT2D eigenvalue weighted by molar-refractivity contribution is -0.488. The second-order valence-electron chi connectivity index (χ2n) is 2.92. The fraction of sp³-hybridized carbons (Fsp3) is 0.714. The van der Waals surface area contributed by atoms with Crippen LogP contribution in [0, 0.1) is 22.0 Å². The fourth-order valence-electron chi connectivity index (χ4n) is 1.16. The van der Waals surface area contributed by atoms with Crippen LogP contribution in [0.4, 0.5) is 0 Å². The van der Waals surface area contributed by atoms with Gasteiger partial charge in [-0.05, 0) is 6.92 Å². The summed E-state index contributed by atoms with van der Waals surface area (Å²) in [6, 6.07) is 0. The van der Waals surface area contributed by atoms with Crippen molar-refractivity contribution < 1.29 is 19.6 Å². The topological polar surface area (TPSA) is 97.5 Å². The SMILES string of the molecule is CC(=O)C(C(=O)O)C(C)C[N+](=O)[O-]. The molecule has 0 fully saturated rings. The maximum atomic E-state index is 10.8. The van der Waals surface area contributed by atoms with Crippen molar-refractivity contribution in [2.75, 3.05) is 6.54 Å². The van der Waals surface area contributed by atoms with Gasteiger partial charge < -0.3 is 5.11 Å². The summed E-state index contributed by atoms with van der Waals surface area (Å²) in [7, 11) is 0. The average Bonchev–Trinajstić information content (AvgIpc) is 1.81. The van der Waals surface area contributed by atoms with Crippen LogP contribution in [0.25, 0.3) is 0 Å². The average molecular weight is 189 g/mol. The van der Waals surface area contributed by atoms with Crippen molar-refractivity contribution in [3.8, 4) is 0 Å². The minimum Gasteiger partial charge on any atom is -0.481 e. The van der Waals surface area contributed by atoms with Crippen LogP contribution in [0.3, 0.4) is 0 Å². The first-order valence-corrected chi connectivity index (χ1v) is 3.71. The van der Waals surface area contributed by atoms with Crippen molar-refractivity contribution >= 4 is 11.8 Å². The van der Waals surface area contributed by atoms with Crippen molar-refractivity contribution in [3.05, 3.63) is 10.1 Å². The first-order valence-electron chi connectivity index (χ1n) is 3.71. The number of carboxylic acid groups (broad SMARTS) is 1. The predicted octanol–water partition coefficient (Wildman–Crippen LogP) is 0.189. The molecule has 0 aliphatic rings. The summed E-state index contributed by atoms with van der Waals surface area (Å²) in [5.41, 5.74) is 0. The summed E-state index contributed by atoms with van der Waals surface area (Å²) in [6.07, 6.45) is 0. The molecule has 74 valence electrons. The van der Waals surface area contributed by atoms with E-state index in [4.69, 9.17) is 5.11 Å². The first-order chi connectivity index (χ1) is 5.86. The van der Waals surface area contributed by atoms with Crippen molar-refractivity contribution in [2.24, 2.45) is 11.8 Å². The van der Waals surface area contributed by atoms with Gasteiger partial charge in [-0.25, -0.2) is 0 Å². The summed E-state index contributed by atoms with van der Waals surface area (Å²) in [5, 5.41) is 18.6. The van der Waals surface area contributed by atoms with Crippen molar-refractivity contribution in [1.29, 1.82) is 0 Å². The van der Waals surface area contributed by atoms with Gasteiger partial charge in [0.05, 0.1) is 0 Å². The molecule has 0 rings (SSSR count). The van der Waals surface area contributed by atoms with E-state index in [1.54, 1.807) is 0 Å². The Balaban J connectivity index is 4.46. The second kappa shape index (κ2) is 4.54. The van der Waals surface area contributed by atoms with E-state index in [0.29, 0.717) is 0 Å². The number of Topliss-reactive ketones (excluding diaryl/α,β-unsaturated/α-hetero) is 1. The molecule has 0 radical (unpaired) electrons. The monoisotopic (exact) mass is 189 g/mol. The Labute approximate surface area is 74.7 Å². The predicted molar refractivity (Wildman–Crippen MR) is 42.8 cm³/mol. The van der Waals surface area contributed by atoms with Gasteiger partial charge in [-0.3, -0.25) is 19.7 Å². The summed E-state index contributed by atoms with van der Waals surface area (Å²) >= 11 is 0. The molecule has 0 bridgehead atoms. The molecular formula is C7H11NO5. The van der Waals surface area contributed by atoms with Crippen LogP contribution in [0.15, 0.2) is 0 Å². The molecule has 2 unspecified atom stereocenters. The van der Waals surface area contributed by atoms with Crippen LogP contribution < -0.4 is 0 Å². The van der Waals surface area contributed by atoms with Gasteiger partial charge in [0, 0.05) is 10.8 Å². The number of aliphatic carboxylic acids is 1. The van der Waals surface area contributed by atoms with E-state index in [1.165, 1.54) is 6.92 Å². The van der Waals surface area contributed by atoms with Crippen molar-refractivity contribution in [2.45, 2.75) is 13.8 Å². The number of carbonyl (C=O) groups is 2. The molecule has 6 heteroatoms. The van der Waals surface area contributed by atoms with Crippen LogP contribution in [0.1, 0.15) is 13.8 Å². The molecule has 0 aliphatic heterocycles. The molecule has 0 saturated carbocycles. The van der Waals surface area contributed by atoms with E-state index in [2.05, 4.69) is 0 Å². The molecule has 1 N–H and O–H groups in total. The van der Waals surface area contributed by atoms with Crippen molar-refractivity contribution in [3.63, 3.8) is 0 Å². The normalized spacial score (nSPS) is 14.6. The molecule has 0 aromatic rings. The fourth-order valence-corrected chi connectivity index (χ4v) is 1.16. The zero-order valence-electron chi connectivity index (χ0n) is 7.39. The third kappa shape index (κ3) is 3.64. The van der Waals surface area contributed by atoms with E-state index in [9.17, 15) is 19.7 Å². The van der Waals surface area contributed by atoms with Crippen LogP contribution in [-0.4, -0.2) is 28.3 Å². The van der Waals surface area contributed by atoms with E-state index < -0.39 is 35.1 Å². The Hall–Kier alpha value is -1.46. The number of hydrogen-bond donors (Lipinski definition) is 1. The van der Waals surface area contributed by atoms with Gasteiger partial charge >= 0.3 is 5.97 Å². The van der Waals surface area contributed by atoms with E-state index >= 15 is 0 Å². The zero-order valence-corrected chi connectivity index (χ0v) is 7.39. The highest BCUT2D eigenvalue weighted by Gasteiger charge is 2.32. The Morgan fingerprint density at radius 1 is 1.54 bits per heavy atom. The zero-order chi connectivity index (χ0) is 10.6. The van der Waals surface area contributed by atoms with Crippen molar-refractivity contribution in [1.82, 2.24) is 0 Å². The van der Waals surface area contributed by atoms with E-state index in [0.717, 1.165) is 6.92 Å². The van der Waals surface area contributed by atoms with E-state index in [1.807, 2.05) is 0 Å². The van der Waals surface area contributed by atoms with E-state index in [-0.39, 0.29) is 0 Å². The number of nitrogens with zero attached hydrogens (tertiary/aromatic N) is 1. The lowest BCUT2D eigenvalue weighted by Crippen LogP contribution is -2.32. The van der Waals surface area contributed by atoms with Crippen LogP contribution >= 0.6 is 0 Å². The van der Waals surface area contributed by atoms with Crippen LogP contribution in [0.5, 0.6) is 0 Å². The number of ketones is 1. The summed E-state index contributed by atoms with van der Waals surface area (Å²) in [4.78, 5) is 30.8. The molecule has 0 saturated heterocycles. The minimum atomic E-state index is -1.30. The molecule has 0 aliphatic carbocycles. The number of nitro groups is 1. The highest BCUT2D eigenvalue weighted by molar-refractivity contribution is 5.97. The maximum Gasteiger partial charge on any atom is 0.314 e. The maximum absolute atomic E-state index is 10.8. The Morgan fingerprint density at radius 2 is 2.00 bits per heavy atom. The lowest BCUT2D eigenvalue weighted by Gasteiger charge is -2.12. The summed E-state index contributed by atoms with van der Waals surface area (Å²) < 4.78 is 0. The van der Waals surface area contributed by atoms with Gasteiger partial charge in [0.15, 0.2) is 0 Å². The smallest absolute Gasteiger partial charge is 0.314 e. The summed E-state index contributed by atoms with van der Waals surface area (Å²) in [6.45, 7) is 1.99. The number of hydrogen-bond acceptors (Lipinski definition) is 4. The van der Waals surface area contributed by atoms with Crippen LogP contribution in [-0.2, 0) is 9.59 Å². The first kappa shape index (κ1) is 11.5. The standard InChI is InChI=1S/C7H11NO5/c1-4(3-8(12)13)6(5(2)9)7(10)11/h4,6H,3H2,1-2H3,(H,10,11). The highest BCUT2D eigenvalue weighted by Crippen LogP contribution is 2.13. The molecule has 0 amide bonds. The molecule has 2 atom stereocenters. The Bertz CT molecular complexity index is 223. The van der Waals surface area contributed by atoms with Gasteiger partial charge in [0.25, 0.3) is 0 Å². The third-order valence-electron chi connectivity index (χ3n) is 1.71. The lowest BCUT2D eigenvalue weighted by atomic mass is 9.91.